The molecule has 1 aliphatic carbocycles. The molecule has 1 amide bonds. The van der Waals surface area contributed by atoms with Gasteiger partial charge in [-0.3, -0.25) is 9.78 Å². The van der Waals surface area contributed by atoms with Crippen LogP contribution >= 0.6 is 0 Å². The minimum absolute atomic E-state index is 0.0838. The summed E-state index contributed by atoms with van der Waals surface area (Å²) in [5, 5.41) is 0.634. The zero-order chi connectivity index (χ0) is 23.0. The lowest BCUT2D eigenvalue weighted by atomic mass is 9.84. The average Bonchev–Trinajstić information content (AvgIpc) is 2.74. The van der Waals surface area contributed by atoms with Gasteiger partial charge in [0, 0.05) is 36.3 Å². The highest BCUT2D eigenvalue weighted by atomic mass is 19.1. The average molecular weight is 438 g/mol. The molecule has 7 heteroatoms. The second-order valence-electron chi connectivity index (χ2n) is 7.89. The number of alkyl halides is 1. The molecule has 32 heavy (non-hydrogen) atoms. The van der Waals surface area contributed by atoms with E-state index in [2.05, 4.69) is 4.98 Å². The maximum Gasteiger partial charge on any atom is 0.251 e. The lowest BCUT2D eigenvalue weighted by Gasteiger charge is -2.27. The third kappa shape index (κ3) is 4.03. The first-order valence-corrected chi connectivity index (χ1v) is 9.98. The predicted octanol–water partition coefficient (Wildman–Crippen LogP) is 5.20. The molecule has 1 aliphatic rings. The number of halogens is 3. The lowest BCUT2D eigenvalue weighted by molar-refractivity contribution is -0.125. The van der Waals surface area contributed by atoms with Crippen molar-refractivity contribution in [1.82, 2.24) is 4.98 Å². The molecule has 1 heterocycles. The standard InChI is InChI=1S/C25H21F3N2O2/c1-14-7-15(11-19(26)8-14)17-9-16-10-18(3-4-22(16)30-13-17)25(28)6-5-20(21(27)12-25)23(32-2)24(29)31/h3-5,7-13,23H,6H2,1-2H3,(H2,29,31). The molecule has 3 aromatic rings. The van der Waals surface area contributed by atoms with Crippen LogP contribution in [0, 0.1) is 12.7 Å². The smallest absolute Gasteiger partial charge is 0.251 e. The summed E-state index contributed by atoms with van der Waals surface area (Å²) in [6.07, 6.45) is 2.29. The maximum absolute atomic E-state index is 15.8. The Hall–Kier alpha value is -3.45. The number of nitrogens with zero attached hydrogens (tertiary/aromatic N) is 1. The zero-order valence-electron chi connectivity index (χ0n) is 17.5. The number of methoxy groups -OCH3 is 1. The number of amides is 1. The van der Waals surface area contributed by atoms with Crippen LogP contribution in [0.15, 0.2) is 72.2 Å². The summed E-state index contributed by atoms with van der Waals surface area (Å²) in [6, 6.07) is 11.3. The predicted molar refractivity (Wildman–Crippen MR) is 117 cm³/mol. The number of ether oxygens (including phenoxy) is 1. The van der Waals surface area contributed by atoms with Crippen molar-refractivity contribution in [3.05, 3.63) is 89.2 Å². The van der Waals surface area contributed by atoms with E-state index in [1.807, 2.05) is 6.07 Å². The lowest BCUT2D eigenvalue weighted by Crippen LogP contribution is -2.34. The highest BCUT2D eigenvalue weighted by Crippen LogP contribution is 2.41. The third-order valence-corrected chi connectivity index (χ3v) is 5.56. The second-order valence-corrected chi connectivity index (χ2v) is 7.89. The molecular formula is C25H21F3N2O2. The molecule has 2 atom stereocenters. The van der Waals surface area contributed by atoms with Gasteiger partial charge in [0.25, 0.3) is 5.91 Å². The molecule has 2 N–H and O–H groups in total. The fraction of sp³-hybridized carbons (Fsp3) is 0.200. The molecule has 4 rings (SSSR count). The van der Waals surface area contributed by atoms with Crippen molar-refractivity contribution in [3.63, 3.8) is 0 Å². The van der Waals surface area contributed by atoms with Crippen LogP contribution in [0.25, 0.3) is 22.0 Å². The minimum Gasteiger partial charge on any atom is -0.367 e. The SMILES string of the molecule is COC(C(N)=O)C1=CCC(F)(c2ccc3ncc(-c4cc(C)cc(F)c4)cc3c2)C=C1F. The van der Waals surface area contributed by atoms with Gasteiger partial charge in [0.1, 0.15) is 11.6 Å². The highest BCUT2D eigenvalue weighted by molar-refractivity contribution is 5.85. The van der Waals surface area contributed by atoms with Crippen molar-refractivity contribution in [1.29, 1.82) is 0 Å². The Balaban J connectivity index is 1.72. The molecule has 1 aromatic heterocycles. The van der Waals surface area contributed by atoms with E-state index in [1.165, 1.54) is 25.3 Å². The maximum atomic E-state index is 15.8. The fourth-order valence-corrected chi connectivity index (χ4v) is 3.98. The van der Waals surface area contributed by atoms with Crippen LogP contribution in [0.3, 0.4) is 0 Å². The van der Waals surface area contributed by atoms with E-state index in [0.29, 0.717) is 22.0 Å². The molecule has 0 radical (unpaired) electrons. The van der Waals surface area contributed by atoms with E-state index in [9.17, 15) is 13.6 Å². The molecule has 0 saturated carbocycles. The van der Waals surface area contributed by atoms with Crippen molar-refractivity contribution in [3.8, 4) is 11.1 Å². The quantitative estimate of drug-likeness (QED) is 0.596. The van der Waals surface area contributed by atoms with Gasteiger partial charge in [-0.25, -0.2) is 13.2 Å². The van der Waals surface area contributed by atoms with Crippen molar-refractivity contribution >= 4 is 16.8 Å². The Morgan fingerprint density at radius 2 is 1.94 bits per heavy atom. The van der Waals surface area contributed by atoms with Crippen LogP contribution in [0.4, 0.5) is 13.2 Å². The summed E-state index contributed by atoms with van der Waals surface area (Å²) in [4.78, 5) is 15.9. The normalized spacial score (nSPS) is 19.4. The van der Waals surface area contributed by atoms with Gasteiger partial charge in [-0.2, -0.15) is 0 Å². The molecule has 4 nitrogen and oxygen atoms in total. The fourth-order valence-electron chi connectivity index (χ4n) is 3.98. The van der Waals surface area contributed by atoms with Crippen LogP contribution in [0.1, 0.15) is 17.5 Å². The van der Waals surface area contributed by atoms with Gasteiger partial charge in [-0.15, -0.1) is 0 Å². The summed E-state index contributed by atoms with van der Waals surface area (Å²) in [7, 11) is 1.23. The van der Waals surface area contributed by atoms with Crippen LogP contribution in [-0.2, 0) is 15.2 Å². The number of hydrogen-bond acceptors (Lipinski definition) is 3. The van der Waals surface area contributed by atoms with E-state index >= 15 is 4.39 Å². The molecule has 2 unspecified atom stereocenters. The molecule has 164 valence electrons. The van der Waals surface area contributed by atoms with Gasteiger partial charge in [-0.05, 0) is 60.0 Å². The molecule has 0 saturated heterocycles. The van der Waals surface area contributed by atoms with Crippen LogP contribution < -0.4 is 5.73 Å². The van der Waals surface area contributed by atoms with Gasteiger partial charge >= 0.3 is 0 Å². The van der Waals surface area contributed by atoms with Crippen LogP contribution in [-0.4, -0.2) is 24.1 Å². The summed E-state index contributed by atoms with van der Waals surface area (Å²) in [6.45, 7) is 1.80. The Bertz CT molecular complexity index is 1270. The zero-order valence-corrected chi connectivity index (χ0v) is 17.5. The highest BCUT2D eigenvalue weighted by Gasteiger charge is 2.36. The van der Waals surface area contributed by atoms with E-state index in [1.54, 1.807) is 37.4 Å². The van der Waals surface area contributed by atoms with E-state index in [-0.39, 0.29) is 23.4 Å². The van der Waals surface area contributed by atoms with Gasteiger partial charge < -0.3 is 10.5 Å². The first-order valence-electron chi connectivity index (χ1n) is 9.98. The largest absolute Gasteiger partial charge is 0.367 e. The van der Waals surface area contributed by atoms with Gasteiger partial charge in [-0.1, -0.05) is 18.2 Å². The van der Waals surface area contributed by atoms with Gasteiger partial charge in [0.05, 0.1) is 5.52 Å². The van der Waals surface area contributed by atoms with Crippen LogP contribution in [0.5, 0.6) is 0 Å². The second kappa shape index (κ2) is 8.24. The van der Waals surface area contributed by atoms with Gasteiger partial charge in [0.2, 0.25) is 0 Å². The number of aromatic nitrogens is 1. The number of rotatable bonds is 5. The van der Waals surface area contributed by atoms with E-state index < -0.39 is 23.5 Å². The first-order chi connectivity index (χ1) is 15.2. The summed E-state index contributed by atoms with van der Waals surface area (Å²) in [5.74, 6) is -2.11. The molecular weight excluding hydrogens is 417 g/mol. The van der Waals surface area contributed by atoms with Crippen LogP contribution in [0.2, 0.25) is 0 Å². The summed E-state index contributed by atoms with van der Waals surface area (Å²) < 4.78 is 49.3. The number of primary amides is 1. The van der Waals surface area contributed by atoms with Crippen molar-refractivity contribution in [2.24, 2.45) is 5.73 Å². The number of nitrogens with two attached hydrogens (primary N) is 1. The van der Waals surface area contributed by atoms with E-state index in [0.717, 1.165) is 11.6 Å². The minimum atomic E-state index is -2.12. The number of benzene rings is 2. The number of allylic oxidation sites excluding steroid dienone is 2. The summed E-state index contributed by atoms with van der Waals surface area (Å²) in [5.41, 5.74) is 6.00. The number of fused-ring (bicyclic) bond motifs is 1. The van der Waals surface area contributed by atoms with E-state index in [4.69, 9.17) is 10.5 Å². The third-order valence-electron chi connectivity index (χ3n) is 5.56. The molecule has 2 aromatic carbocycles. The topological polar surface area (TPSA) is 65.2 Å². The molecule has 0 fully saturated rings. The Morgan fingerprint density at radius 3 is 2.59 bits per heavy atom. The molecule has 0 aliphatic heterocycles. The molecule has 0 bridgehead atoms. The van der Waals surface area contributed by atoms with Crippen molar-refractivity contribution < 1.29 is 22.7 Å². The number of hydrogen-bond donors (Lipinski definition) is 1. The number of carbonyl (C=O) groups excluding carboxylic acids is 1. The number of aryl methyl sites for hydroxylation is 1. The number of pyridine rings is 1. The van der Waals surface area contributed by atoms with Gasteiger partial charge in [0.15, 0.2) is 11.8 Å². The van der Waals surface area contributed by atoms with Crippen molar-refractivity contribution in [2.45, 2.75) is 25.1 Å². The Morgan fingerprint density at radius 1 is 1.16 bits per heavy atom. The summed E-state index contributed by atoms with van der Waals surface area (Å²) >= 11 is 0. The molecule has 0 spiro atoms. The van der Waals surface area contributed by atoms with Crippen molar-refractivity contribution in [2.75, 3.05) is 7.11 Å². The monoisotopic (exact) mass is 438 g/mol. The number of carbonyl (C=O) groups is 1. The first kappa shape index (κ1) is 21.8. The Kier molecular flexibility index (Phi) is 5.60. The Labute approximate surface area is 183 Å².